The predicted octanol–water partition coefficient (Wildman–Crippen LogP) is 1.55. The molecule has 18 heavy (non-hydrogen) atoms. The maximum absolute atomic E-state index is 12.3. The van der Waals surface area contributed by atoms with E-state index in [1.54, 1.807) is 0 Å². The van der Waals surface area contributed by atoms with Gasteiger partial charge in [0, 0.05) is 19.6 Å². The van der Waals surface area contributed by atoms with Crippen molar-refractivity contribution < 1.29 is 9.53 Å². The van der Waals surface area contributed by atoms with Gasteiger partial charge < -0.3 is 15.0 Å². The minimum Gasteiger partial charge on any atom is -0.369 e. The summed E-state index contributed by atoms with van der Waals surface area (Å²) in [6, 6.07) is 0. The third-order valence-electron chi connectivity index (χ3n) is 4.16. The van der Waals surface area contributed by atoms with E-state index < -0.39 is 0 Å². The summed E-state index contributed by atoms with van der Waals surface area (Å²) in [5.41, 5.74) is 0.0773. The molecule has 0 atom stereocenters. The Morgan fingerprint density at radius 3 is 2.72 bits per heavy atom. The largest absolute Gasteiger partial charge is 0.369 e. The van der Waals surface area contributed by atoms with Crippen LogP contribution in [0.25, 0.3) is 0 Å². The number of nitrogens with one attached hydrogen (secondary N) is 1. The van der Waals surface area contributed by atoms with Gasteiger partial charge in [-0.3, -0.25) is 4.79 Å². The molecule has 1 saturated carbocycles. The first-order valence-electron chi connectivity index (χ1n) is 7.27. The van der Waals surface area contributed by atoms with Gasteiger partial charge in [-0.05, 0) is 26.7 Å². The Bertz CT molecular complexity index is 277. The van der Waals surface area contributed by atoms with E-state index in [2.05, 4.69) is 10.2 Å². The molecule has 4 nitrogen and oxygen atoms in total. The SMILES string of the molecule is CC(C)OCC(=O)N1CCNCC12CCCCC2. The summed E-state index contributed by atoms with van der Waals surface area (Å²) in [6.07, 6.45) is 6.22. The number of carbonyl (C=O) groups is 1. The smallest absolute Gasteiger partial charge is 0.249 e. The molecule has 1 heterocycles. The van der Waals surface area contributed by atoms with Crippen LogP contribution in [0.4, 0.5) is 0 Å². The molecule has 0 aromatic heterocycles. The third-order valence-corrected chi connectivity index (χ3v) is 4.16. The summed E-state index contributed by atoms with van der Waals surface area (Å²) in [6.45, 7) is 6.89. The molecule has 1 N–H and O–H groups in total. The van der Waals surface area contributed by atoms with Crippen molar-refractivity contribution in [1.82, 2.24) is 10.2 Å². The van der Waals surface area contributed by atoms with Gasteiger partial charge in [0.2, 0.25) is 5.91 Å². The summed E-state index contributed by atoms with van der Waals surface area (Å²) in [5.74, 6) is 0.173. The number of hydrogen-bond acceptors (Lipinski definition) is 3. The summed E-state index contributed by atoms with van der Waals surface area (Å²) in [7, 11) is 0. The van der Waals surface area contributed by atoms with E-state index in [0.29, 0.717) is 0 Å². The van der Waals surface area contributed by atoms with Gasteiger partial charge in [0.05, 0.1) is 11.6 Å². The molecule has 0 unspecified atom stereocenters. The van der Waals surface area contributed by atoms with Gasteiger partial charge in [-0.15, -0.1) is 0 Å². The van der Waals surface area contributed by atoms with Crippen molar-refractivity contribution in [2.75, 3.05) is 26.2 Å². The molecule has 4 heteroatoms. The van der Waals surface area contributed by atoms with E-state index in [-0.39, 0.29) is 24.2 Å². The zero-order valence-corrected chi connectivity index (χ0v) is 11.7. The zero-order valence-electron chi connectivity index (χ0n) is 11.7. The molecular formula is C14H26N2O2. The summed E-state index contributed by atoms with van der Waals surface area (Å²) in [4.78, 5) is 14.5. The molecule has 0 aromatic carbocycles. The van der Waals surface area contributed by atoms with Crippen molar-refractivity contribution in [3.8, 4) is 0 Å². The second kappa shape index (κ2) is 6.02. The fraction of sp³-hybridized carbons (Fsp3) is 0.929. The van der Waals surface area contributed by atoms with Crippen LogP contribution < -0.4 is 5.32 Å². The number of carbonyl (C=O) groups excluding carboxylic acids is 1. The number of piperazine rings is 1. The number of hydrogen-bond donors (Lipinski definition) is 1. The molecule has 0 radical (unpaired) electrons. The second-order valence-electron chi connectivity index (χ2n) is 5.87. The van der Waals surface area contributed by atoms with E-state index >= 15 is 0 Å². The Morgan fingerprint density at radius 2 is 2.06 bits per heavy atom. The van der Waals surface area contributed by atoms with E-state index in [1.807, 2.05) is 13.8 Å². The normalized spacial score (nSPS) is 23.6. The first-order chi connectivity index (χ1) is 8.64. The highest BCUT2D eigenvalue weighted by Gasteiger charge is 2.41. The predicted molar refractivity (Wildman–Crippen MR) is 71.5 cm³/mol. The Balaban J connectivity index is 2.00. The molecule has 1 amide bonds. The number of amides is 1. The van der Waals surface area contributed by atoms with Gasteiger partial charge in [0.25, 0.3) is 0 Å². The second-order valence-corrected chi connectivity index (χ2v) is 5.87. The van der Waals surface area contributed by atoms with Crippen LogP contribution in [-0.2, 0) is 9.53 Å². The first-order valence-corrected chi connectivity index (χ1v) is 7.27. The Morgan fingerprint density at radius 1 is 1.33 bits per heavy atom. The van der Waals surface area contributed by atoms with Crippen LogP contribution in [-0.4, -0.2) is 48.7 Å². The van der Waals surface area contributed by atoms with Gasteiger partial charge in [-0.1, -0.05) is 19.3 Å². The highest BCUT2D eigenvalue weighted by atomic mass is 16.5. The van der Waals surface area contributed by atoms with E-state index in [9.17, 15) is 4.79 Å². The van der Waals surface area contributed by atoms with E-state index in [1.165, 1.54) is 19.3 Å². The molecule has 1 aliphatic carbocycles. The molecule has 0 bridgehead atoms. The number of rotatable bonds is 3. The van der Waals surface area contributed by atoms with Crippen molar-refractivity contribution in [2.45, 2.75) is 57.6 Å². The number of nitrogens with zero attached hydrogens (tertiary/aromatic N) is 1. The molecular weight excluding hydrogens is 228 g/mol. The topological polar surface area (TPSA) is 41.6 Å². The highest BCUT2D eigenvalue weighted by molar-refractivity contribution is 5.78. The van der Waals surface area contributed by atoms with Gasteiger partial charge in [-0.2, -0.15) is 0 Å². The molecule has 0 aromatic rings. The van der Waals surface area contributed by atoms with Crippen molar-refractivity contribution in [3.63, 3.8) is 0 Å². The minimum atomic E-state index is 0.0773. The fourth-order valence-corrected chi connectivity index (χ4v) is 3.21. The zero-order chi connectivity index (χ0) is 13.0. The third kappa shape index (κ3) is 3.04. The Hall–Kier alpha value is -0.610. The number of ether oxygens (including phenoxy) is 1. The summed E-state index contributed by atoms with van der Waals surface area (Å²) in [5, 5.41) is 3.46. The maximum Gasteiger partial charge on any atom is 0.249 e. The van der Waals surface area contributed by atoms with Crippen LogP contribution in [0.3, 0.4) is 0 Å². The summed E-state index contributed by atoms with van der Waals surface area (Å²) >= 11 is 0. The van der Waals surface area contributed by atoms with E-state index in [4.69, 9.17) is 4.74 Å². The van der Waals surface area contributed by atoms with Gasteiger partial charge >= 0.3 is 0 Å². The average molecular weight is 254 g/mol. The highest BCUT2D eigenvalue weighted by Crippen LogP contribution is 2.34. The van der Waals surface area contributed by atoms with Crippen LogP contribution in [0.1, 0.15) is 46.0 Å². The lowest BCUT2D eigenvalue weighted by atomic mass is 9.79. The summed E-state index contributed by atoms with van der Waals surface area (Å²) < 4.78 is 5.48. The lowest BCUT2D eigenvalue weighted by molar-refractivity contribution is -0.147. The standard InChI is InChI=1S/C14H26N2O2/c1-12(2)18-10-13(17)16-9-8-15-11-14(16)6-4-3-5-7-14/h12,15H,3-11H2,1-2H3. The van der Waals surface area contributed by atoms with Gasteiger partial charge in [0.15, 0.2) is 0 Å². The average Bonchev–Trinajstić information content (AvgIpc) is 2.37. The van der Waals surface area contributed by atoms with Crippen molar-refractivity contribution in [3.05, 3.63) is 0 Å². The first kappa shape index (κ1) is 13.8. The van der Waals surface area contributed by atoms with Crippen molar-refractivity contribution >= 4 is 5.91 Å². The monoisotopic (exact) mass is 254 g/mol. The van der Waals surface area contributed by atoms with Gasteiger partial charge in [0.1, 0.15) is 6.61 Å². The van der Waals surface area contributed by atoms with E-state index in [0.717, 1.165) is 32.5 Å². The Labute approximate surface area is 110 Å². The van der Waals surface area contributed by atoms with Crippen LogP contribution >= 0.6 is 0 Å². The molecule has 2 rings (SSSR count). The molecule has 1 spiro atoms. The quantitative estimate of drug-likeness (QED) is 0.831. The molecule has 2 aliphatic rings. The molecule has 104 valence electrons. The maximum atomic E-state index is 12.3. The lowest BCUT2D eigenvalue weighted by Gasteiger charge is -2.49. The molecule has 2 fully saturated rings. The van der Waals surface area contributed by atoms with Crippen molar-refractivity contribution in [2.24, 2.45) is 0 Å². The van der Waals surface area contributed by atoms with Gasteiger partial charge in [-0.25, -0.2) is 0 Å². The lowest BCUT2D eigenvalue weighted by Crippen LogP contribution is -2.64. The fourth-order valence-electron chi connectivity index (χ4n) is 3.21. The van der Waals surface area contributed by atoms with Crippen molar-refractivity contribution in [1.29, 1.82) is 0 Å². The Kier molecular flexibility index (Phi) is 4.62. The van der Waals surface area contributed by atoms with Crippen LogP contribution in [0.2, 0.25) is 0 Å². The van der Waals surface area contributed by atoms with Crippen LogP contribution in [0, 0.1) is 0 Å². The minimum absolute atomic E-state index is 0.0773. The van der Waals surface area contributed by atoms with Crippen LogP contribution in [0.5, 0.6) is 0 Å². The molecule has 1 saturated heterocycles. The van der Waals surface area contributed by atoms with Crippen LogP contribution in [0.15, 0.2) is 0 Å². The molecule has 1 aliphatic heterocycles.